The molecule has 0 saturated carbocycles. The molecule has 0 aliphatic rings. The highest BCUT2D eigenvalue weighted by atomic mass is 79.9. The lowest BCUT2D eigenvalue weighted by Crippen LogP contribution is -2.23. The minimum absolute atomic E-state index is 0.248. The first-order valence-electron chi connectivity index (χ1n) is 6.63. The van der Waals surface area contributed by atoms with Gasteiger partial charge in [-0.2, -0.15) is 0 Å². The molecular weight excluding hydrogens is 394 g/mol. The van der Waals surface area contributed by atoms with Crippen molar-refractivity contribution in [3.8, 4) is 11.5 Å². The van der Waals surface area contributed by atoms with Gasteiger partial charge >= 0.3 is 0 Å². The maximum Gasteiger partial charge on any atom is 0.144 e. The Morgan fingerprint density at radius 3 is 1.43 bits per heavy atom. The second-order valence-corrected chi connectivity index (χ2v) is 7.58. The summed E-state index contributed by atoms with van der Waals surface area (Å²) in [4.78, 5) is 0. The quantitative estimate of drug-likeness (QED) is 0.738. The van der Waals surface area contributed by atoms with Gasteiger partial charge in [-0.05, 0) is 66.0 Å². The van der Waals surface area contributed by atoms with Gasteiger partial charge in [0.15, 0.2) is 0 Å². The highest BCUT2D eigenvalue weighted by Crippen LogP contribution is 2.36. The van der Waals surface area contributed by atoms with E-state index in [4.69, 9.17) is 0 Å². The van der Waals surface area contributed by atoms with E-state index >= 15 is 0 Å². The molecule has 21 heavy (non-hydrogen) atoms. The number of rotatable bonds is 2. The predicted octanol–water partition coefficient (Wildman–Crippen LogP) is 1.47. The van der Waals surface area contributed by atoms with E-state index < -0.39 is 0 Å². The standard InChI is InChI=1S/C15H16B2Br2O2/c1-15(2,7-3-9(16)13(20)11(18)5-7)8-4-10(17)14(21)12(19)6-8/h3-6,20-21H,16-17H2,1-2H3. The van der Waals surface area contributed by atoms with Crippen LogP contribution in [0, 0.1) is 0 Å². The monoisotopic (exact) mass is 408 g/mol. The van der Waals surface area contributed by atoms with Gasteiger partial charge in [0.2, 0.25) is 0 Å². The van der Waals surface area contributed by atoms with Gasteiger partial charge in [-0.25, -0.2) is 0 Å². The molecule has 0 amide bonds. The molecule has 0 atom stereocenters. The topological polar surface area (TPSA) is 40.5 Å². The average Bonchev–Trinajstić information content (AvgIpc) is 2.40. The van der Waals surface area contributed by atoms with Gasteiger partial charge in [-0.15, -0.1) is 0 Å². The third kappa shape index (κ3) is 3.02. The van der Waals surface area contributed by atoms with Crippen LogP contribution in [-0.2, 0) is 5.41 Å². The molecule has 2 N–H and O–H groups in total. The van der Waals surface area contributed by atoms with Gasteiger partial charge in [0.05, 0.1) is 8.95 Å². The molecule has 0 radical (unpaired) electrons. The van der Waals surface area contributed by atoms with Crippen LogP contribution in [0.1, 0.15) is 25.0 Å². The van der Waals surface area contributed by atoms with Crippen molar-refractivity contribution in [2.45, 2.75) is 19.3 Å². The van der Waals surface area contributed by atoms with Crippen molar-refractivity contribution in [1.82, 2.24) is 0 Å². The lowest BCUT2D eigenvalue weighted by molar-refractivity contribution is 0.475. The summed E-state index contributed by atoms with van der Waals surface area (Å²) in [5.41, 5.74) is 3.62. The van der Waals surface area contributed by atoms with Crippen LogP contribution in [0.2, 0.25) is 0 Å². The van der Waals surface area contributed by atoms with Crippen LogP contribution in [0.3, 0.4) is 0 Å². The van der Waals surface area contributed by atoms with Crippen molar-refractivity contribution in [2.75, 3.05) is 0 Å². The maximum absolute atomic E-state index is 9.90. The molecule has 0 aliphatic heterocycles. The van der Waals surface area contributed by atoms with Gasteiger partial charge in [0, 0.05) is 5.41 Å². The average molecular weight is 410 g/mol. The third-order valence-electron chi connectivity index (χ3n) is 3.95. The third-order valence-corrected chi connectivity index (χ3v) is 5.16. The van der Waals surface area contributed by atoms with E-state index in [1.54, 1.807) is 0 Å². The molecule has 0 fully saturated rings. The van der Waals surface area contributed by atoms with Crippen molar-refractivity contribution >= 4 is 58.5 Å². The molecule has 6 heteroatoms. The van der Waals surface area contributed by atoms with Gasteiger partial charge in [-0.1, -0.05) is 26.0 Å². The normalized spacial score (nSPS) is 11.6. The van der Waals surface area contributed by atoms with Crippen LogP contribution < -0.4 is 10.9 Å². The fraction of sp³-hybridized carbons (Fsp3) is 0.200. The smallest absolute Gasteiger partial charge is 0.144 e. The van der Waals surface area contributed by atoms with Crippen LogP contribution in [0.5, 0.6) is 11.5 Å². The van der Waals surface area contributed by atoms with Crippen LogP contribution in [0.4, 0.5) is 0 Å². The maximum atomic E-state index is 9.90. The van der Waals surface area contributed by atoms with E-state index in [2.05, 4.69) is 45.7 Å². The molecular formula is C15H16B2Br2O2. The van der Waals surface area contributed by atoms with Crippen molar-refractivity contribution in [3.63, 3.8) is 0 Å². The Hall–Kier alpha value is -0.870. The molecule has 2 nitrogen and oxygen atoms in total. The SMILES string of the molecule is Bc1cc(C(C)(C)c2cc(B)c(O)c(Br)c2)cc(Br)c1O. The van der Waals surface area contributed by atoms with Crippen LogP contribution in [-0.4, -0.2) is 25.9 Å². The van der Waals surface area contributed by atoms with E-state index in [1.165, 1.54) is 0 Å². The van der Waals surface area contributed by atoms with E-state index in [0.717, 1.165) is 22.1 Å². The Morgan fingerprint density at radius 2 is 1.14 bits per heavy atom. The largest absolute Gasteiger partial charge is 0.507 e. The molecule has 2 rings (SSSR count). The molecule has 108 valence electrons. The van der Waals surface area contributed by atoms with Crippen molar-refractivity contribution in [3.05, 3.63) is 44.3 Å². The van der Waals surface area contributed by atoms with Crippen LogP contribution >= 0.6 is 31.9 Å². The van der Waals surface area contributed by atoms with Crippen LogP contribution in [0.15, 0.2) is 33.2 Å². The minimum Gasteiger partial charge on any atom is -0.507 e. The number of phenolic OH excluding ortho intramolecular Hbond substituents is 2. The number of hydrogen-bond donors (Lipinski definition) is 2. The summed E-state index contributed by atoms with van der Waals surface area (Å²) in [5, 5.41) is 19.8. The fourth-order valence-electron chi connectivity index (χ4n) is 2.36. The highest BCUT2D eigenvalue weighted by molar-refractivity contribution is 9.11. The van der Waals surface area contributed by atoms with E-state index in [9.17, 15) is 10.2 Å². The van der Waals surface area contributed by atoms with Crippen LogP contribution in [0.25, 0.3) is 0 Å². The summed E-state index contributed by atoms with van der Waals surface area (Å²) < 4.78 is 1.39. The Bertz CT molecular complexity index is 609. The molecule has 0 aromatic heterocycles. The van der Waals surface area contributed by atoms with Gasteiger partial charge in [-0.3, -0.25) is 0 Å². The molecule has 0 spiro atoms. The fourth-order valence-corrected chi connectivity index (χ4v) is 3.48. The number of phenols is 2. The van der Waals surface area contributed by atoms with Crippen molar-refractivity contribution < 1.29 is 10.2 Å². The summed E-state index contributed by atoms with van der Waals surface area (Å²) in [6.07, 6.45) is 0. The van der Waals surface area contributed by atoms with Gasteiger partial charge in [0.25, 0.3) is 0 Å². The number of halogens is 2. The molecule has 0 heterocycles. The van der Waals surface area contributed by atoms with E-state index in [-0.39, 0.29) is 16.9 Å². The van der Waals surface area contributed by atoms with Crippen molar-refractivity contribution in [1.29, 1.82) is 0 Å². The summed E-state index contributed by atoms with van der Waals surface area (Å²) in [6.45, 7) is 4.26. The Morgan fingerprint density at radius 1 is 0.810 bits per heavy atom. The zero-order chi connectivity index (χ0) is 15.9. The van der Waals surface area contributed by atoms with Crippen molar-refractivity contribution in [2.24, 2.45) is 0 Å². The summed E-state index contributed by atoms with van der Waals surface area (Å²) in [5.74, 6) is 0.551. The molecule has 0 saturated heterocycles. The Balaban J connectivity index is 2.61. The summed E-state index contributed by atoms with van der Waals surface area (Å²) in [6, 6.07) is 7.88. The first-order chi connectivity index (χ1) is 9.64. The Labute approximate surface area is 143 Å². The van der Waals surface area contributed by atoms with E-state index in [1.807, 2.05) is 40.0 Å². The number of hydrogen-bond acceptors (Lipinski definition) is 2. The second kappa shape index (κ2) is 5.73. The van der Waals surface area contributed by atoms with E-state index in [0.29, 0.717) is 8.95 Å². The number of benzene rings is 2. The lowest BCUT2D eigenvalue weighted by atomic mass is 9.74. The highest BCUT2D eigenvalue weighted by Gasteiger charge is 2.26. The lowest BCUT2D eigenvalue weighted by Gasteiger charge is -2.28. The predicted molar refractivity (Wildman–Crippen MR) is 100 cm³/mol. The molecule has 0 unspecified atom stereocenters. The summed E-state index contributed by atoms with van der Waals surface area (Å²) in [7, 11) is 3.77. The molecule has 0 aliphatic carbocycles. The molecule has 2 aromatic carbocycles. The first-order valence-corrected chi connectivity index (χ1v) is 8.22. The van der Waals surface area contributed by atoms with Gasteiger partial charge in [0.1, 0.15) is 27.2 Å². The molecule has 0 bridgehead atoms. The van der Waals surface area contributed by atoms with Gasteiger partial charge < -0.3 is 10.2 Å². The zero-order valence-electron chi connectivity index (χ0n) is 12.5. The minimum atomic E-state index is -0.248. The summed E-state index contributed by atoms with van der Waals surface area (Å²) >= 11 is 6.81. The molecule has 2 aromatic rings. The Kier molecular flexibility index (Phi) is 4.50. The first kappa shape index (κ1) is 16.5. The second-order valence-electron chi connectivity index (χ2n) is 5.87. The number of aromatic hydroxyl groups is 2. The zero-order valence-corrected chi connectivity index (χ0v) is 15.6.